The number of benzene rings is 1. The van der Waals surface area contributed by atoms with Gasteiger partial charge in [-0.05, 0) is 43.7 Å². The zero-order valence-electron chi connectivity index (χ0n) is 15.1. The summed E-state index contributed by atoms with van der Waals surface area (Å²) in [6, 6.07) is 7.28. The zero-order chi connectivity index (χ0) is 18.9. The van der Waals surface area contributed by atoms with Crippen molar-refractivity contribution in [2.24, 2.45) is 0 Å². The Bertz CT molecular complexity index is 728. The number of nitrogens with one attached hydrogen (secondary N) is 2. The molecular weight excluding hydrogens is 364 g/mol. The summed E-state index contributed by atoms with van der Waals surface area (Å²) in [7, 11) is 0. The fourth-order valence-electron chi connectivity index (χ4n) is 2.82. The number of anilines is 1. The summed E-state index contributed by atoms with van der Waals surface area (Å²) in [4.78, 5) is 30.5. The number of carbonyl (C=O) groups is 2. The van der Waals surface area contributed by atoms with Crippen molar-refractivity contribution in [3.63, 3.8) is 0 Å². The van der Waals surface area contributed by atoms with Gasteiger partial charge in [-0.15, -0.1) is 11.3 Å². The summed E-state index contributed by atoms with van der Waals surface area (Å²) in [5.74, 6) is -1.25. The van der Waals surface area contributed by atoms with E-state index in [1.807, 2.05) is 17.5 Å². The molecule has 1 aromatic carbocycles. The Morgan fingerprint density at radius 2 is 1.89 bits per heavy atom. The van der Waals surface area contributed by atoms with Gasteiger partial charge in [0.25, 0.3) is 0 Å². The van der Waals surface area contributed by atoms with Crippen molar-refractivity contribution < 1.29 is 14.3 Å². The highest BCUT2D eigenvalue weighted by Gasteiger charge is 2.14. The molecule has 1 aliphatic heterocycles. The molecule has 1 saturated heterocycles. The van der Waals surface area contributed by atoms with Crippen molar-refractivity contribution in [2.75, 3.05) is 44.7 Å². The van der Waals surface area contributed by atoms with Crippen molar-refractivity contribution >= 4 is 28.8 Å². The van der Waals surface area contributed by atoms with E-state index < -0.39 is 11.8 Å². The number of aromatic nitrogens is 1. The van der Waals surface area contributed by atoms with Crippen molar-refractivity contribution in [1.82, 2.24) is 15.2 Å². The van der Waals surface area contributed by atoms with Crippen LogP contribution in [0.25, 0.3) is 10.6 Å². The molecule has 8 heteroatoms. The molecule has 2 N–H and O–H groups in total. The van der Waals surface area contributed by atoms with Gasteiger partial charge >= 0.3 is 11.8 Å². The van der Waals surface area contributed by atoms with Gasteiger partial charge in [-0.25, -0.2) is 4.98 Å². The van der Waals surface area contributed by atoms with Gasteiger partial charge < -0.3 is 15.4 Å². The van der Waals surface area contributed by atoms with Crippen molar-refractivity contribution in [1.29, 1.82) is 0 Å². The van der Waals surface area contributed by atoms with Crippen molar-refractivity contribution in [2.45, 2.75) is 12.8 Å². The van der Waals surface area contributed by atoms with E-state index in [1.165, 1.54) is 0 Å². The summed E-state index contributed by atoms with van der Waals surface area (Å²) in [6.45, 7) is 5.02. The number of nitrogens with zero attached hydrogens (tertiary/aromatic N) is 2. The first-order valence-electron chi connectivity index (χ1n) is 9.11. The molecule has 1 fully saturated rings. The molecular formula is C19H24N4O3S. The molecule has 2 heterocycles. The average molecular weight is 388 g/mol. The van der Waals surface area contributed by atoms with Crippen molar-refractivity contribution in [3.05, 3.63) is 35.8 Å². The number of unbranched alkanes of at least 4 members (excludes halogenated alkanes) is 1. The van der Waals surface area contributed by atoms with Crippen LogP contribution in [-0.2, 0) is 14.3 Å². The zero-order valence-corrected chi connectivity index (χ0v) is 16.0. The van der Waals surface area contributed by atoms with Crippen LogP contribution in [0.15, 0.2) is 35.8 Å². The normalized spacial score (nSPS) is 14.7. The monoisotopic (exact) mass is 388 g/mol. The van der Waals surface area contributed by atoms with Crippen molar-refractivity contribution in [3.8, 4) is 10.6 Å². The van der Waals surface area contributed by atoms with E-state index in [0.717, 1.165) is 56.3 Å². The lowest BCUT2D eigenvalue weighted by Crippen LogP contribution is -2.38. The SMILES string of the molecule is O=C(NCCCCN1CCOCC1)C(=O)Nc1ccc(-c2nccs2)cc1. The number of morpholine rings is 1. The Morgan fingerprint density at radius 3 is 2.59 bits per heavy atom. The van der Waals surface area contributed by atoms with Crippen LogP contribution in [0.4, 0.5) is 5.69 Å². The molecule has 0 saturated carbocycles. The Balaban J connectivity index is 1.34. The lowest BCUT2D eigenvalue weighted by atomic mass is 10.2. The molecule has 7 nitrogen and oxygen atoms in total. The lowest BCUT2D eigenvalue weighted by Gasteiger charge is -2.26. The highest BCUT2D eigenvalue weighted by Crippen LogP contribution is 2.23. The third-order valence-electron chi connectivity index (χ3n) is 4.32. The number of hydrogen-bond acceptors (Lipinski definition) is 6. The molecule has 0 aliphatic carbocycles. The molecule has 3 rings (SSSR count). The Labute approximate surface area is 162 Å². The van der Waals surface area contributed by atoms with Crippen LogP contribution in [0, 0.1) is 0 Å². The molecule has 1 aromatic heterocycles. The fraction of sp³-hybridized carbons (Fsp3) is 0.421. The summed E-state index contributed by atoms with van der Waals surface area (Å²) < 4.78 is 5.31. The van der Waals surface area contributed by atoms with Gasteiger partial charge in [0.15, 0.2) is 0 Å². The van der Waals surface area contributed by atoms with Crippen LogP contribution in [0.5, 0.6) is 0 Å². The largest absolute Gasteiger partial charge is 0.379 e. The van der Waals surface area contributed by atoms with Gasteiger partial charge in [0, 0.05) is 42.5 Å². The maximum absolute atomic E-state index is 12.0. The minimum Gasteiger partial charge on any atom is -0.379 e. The Morgan fingerprint density at radius 1 is 1.11 bits per heavy atom. The van der Waals surface area contributed by atoms with Gasteiger partial charge in [0.1, 0.15) is 5.01 Å². The highest BCUT2D eigenvalue weighted by atomic mass is 32.1. The van der Waals surface area contributed by atoms with Crippen LogP contribution >= 0.6 is 11.3 Å². The van der Waals surface area contributed by atoms with Crippen LogP contribution in [0.3, 0.4) is 0 Å². The van der Waals surface area contributed by atoms with E-state index in [1.54, 1.807) is 29.7 Å². The molecule has 1 aliphatic rings. The summed E-state index contributed by atoms with van der Waals surface area (Å²) in [6.07, 6.45) is 3.58. The van der Waals surface area contributed by atoms with E-state index in [2.05, 4.69) is 20.5 Å². The standard InChI is InChI=1S/C19H24N4O3S/c24-17(20-7-1-2-9-23-10-12-26-13-11-23)18(25)22-16-5-3-15(4-6-16)19-21-8-14-27-19/h3-6,8,14H,1-2,7,9-13H2,(H,20,24)(H,22,25). The van der Waals surface area contributed by atoms with E-state index in [9.17, 15) is 9.59 Å². The maximum atomic E-state index is 12.0. The number of ether oxygens (including phenoxy) is 1. The topological polar surface area (TPSA) is 83.6 Å². The quantitative estimate of drug-likeness (QED) is 0.560. The van der Waals surface area contributed by atoms with E-state index in [-0.39, 0.29) is 0 Å². The smallest absolute Gasteiger partial charge is 0.313 e. The summed E-state index contributed by atoms with van der Waals surface area (Å²) >= 11 is 1.55. The van der Waals surface area contributed by atoms with E-state index in [0.29, 0.717) is 12.2 Å². The van der Waals surface area contributed by atoms with E-state index >= 15 is 0 Å². The van der Waals surface area contributed by atoms with Gasteiger partial charge in [0.2, 0.25) is 0 Å². The molecule has 0 radical (unpaired) electrons. The van der Waals surface area contributed by atoms with Crippen LogP contribution in [0.2, 0.25) is 0 Å². The second-order valence-corrected chi connectivity index (χ2v) is 7.18. The first-order chi connectivity index (χ1) is 13.2. The van der Waals surface area contributed by atoms with Gasteiger partial charge in [-0.3, -0.25) is 14.5 Å². The molecule has 2 aromatic rings. The number of thiazole rings is 1. The predicted molar refractivity (Wildman–Crippen MR) is 106 cm³/mol. The second-order valence-electron chi connectivity index (χ2n) is 6.29. The Hall–Kier alpha value is -2.29. The Kier molecular flexibility index (Phi) is 7.32. The number of amides is 2. The molecule has 0 unspecified atom stereocenters. The first-order valence-corrected chi connectivity index (χ1v) is 9.99. The number of carbonyl (C=O) groups excluding carboxylic acids is 2. The molecule has 0 atom stereocenters. The fourth-order valence-corrected chi connectivity index (χ4v) is 3.46. The minimum absolute atomic E-state index is 0.500. The van der Waals surface area contributed by atoms with Gasteiger partial charge in [-0.1, -0.05) is 0 Å². The third-order valence-corrected chi connectivity index (χ3v) is 5.14. The average Bonchev–Trinajstić information content (AvgIpc) is 3.24. The van der Waals surface area contributed by atoms with Gasteiger partial charge in [0.05, 0.1) is 13.2 Å². The molecule has 27 heavy (non-hydrogen) atoms. The van der Waals surface area contributed by atoms with Crippen LogP contribution < -0.4 is 10.6 Å². The summed E-state index contributed by atoms with van der Waals surface area (Å²) in [5.41, 5.74) is 1.57. The van der Waals surface area contributed by atoms with Crippen LogP contribution in [0.1, 0.15) is 12.8 Å². The van der Waals surface area contributed by atoms with E-state index in [4.69, 9.17) is 4.74 Å². The number of hydrogen-bond donors (Lipinski definition) is 2. The molecule has 0 spiro atoms. The molecule has 144 valence electrons. The summed E-state index contributed by atoms with van der Waals surface area (Å²) in [5, 5.41) is 8.12. The first kappa shape index (κ1) is 19.5. The molecule has 2 amide bonds. The highest BCUT2D eigenvalue weighted by molar-refractivity contribution is 7.13. The second kappa shape index (κ2) is 10.1. The lowest BCUT2D eigenvalue weighted by molar-refractivity contribution is -0.136. The van der Waals surface area contributed by atoms with Crippen LogP contribution in [-0.4, -0.2) is 61.1 Å². The minimum atomic E-state index is -0.648. The predicted octanol–water partition coefficient (Wildman–Crippen LogP) is 1.98. The third kappa shape index (κ3) is 6.13. The van der Waals surface area contributed by atoms with Gasteiger partial charge in [-0.2, -0.15) is 0 Å². The number of rotatable bonds is 7. The maximum Gasteiger partial charge on any atom is 0.313 e. The molecule has 0 bridgehead atoms.